The minimum absolute atomic E-state index is 1.08. The molecule has 1 N–H and O–H groups in total. The minimum Gasteiger partial charge on any atom is -0.355 e. The van der Waals surface area contributed by atoms with Gasteiger partial charge in [-0.05, 0) is 54.6 Å². The Morgan fingerprint density at radius 1 is 0.515 bits per heavy atom. The summed E-state index contributed by atoms with van der Waals surface area (Å²) in [4.78, 5) is 2.36. The Bertz CT molecular complexity index is 1480. The molecular formula is C30H22N2S. The van der Waals surface area contributed by atoms with Crippen LogP contribution >= 0.6 is 11.3 Å². The quantitative estimate of drug-likeness (QED) is 0.286. The average Bonchev–Trinajstić information content (AvgIpc) is 3.25. The van der Waals surface area contributed by atoms with Gasteiger partial charge in [0.05, 0.1) is 5.69 Å². The van der Waals surface area contributed by atoms with Gasteiger partial charge in [0.2, 0.25) is 0 Å². The number of anilines is 5. The van der Waals surface area contributed by atoms with Crippen LogP contribution in [0.1, 0.15) is 0 Å². The second kappa shape index (κ2) is 8.45. The Morgan fingerprint density at radius 3 is 1.76 bits per heavy atom. The summed E-state index contributed by atoms with van der Waals surface area (Å²) in [6, 6.07) is 44.8. The highest BCUT2D eigenvalue weighted by atomic mass is 32.1. The molecule has 6 rings (SSSR count). The van der Waals surface area contributed by atoms with Crippen LogP contribution in [0.5, 0.6) is 0 Å². The number of nitrogens with zero attached hydrogens (tertiary/aromatic N) is 1. The largest absolute Gasteiger partial charge is 0.355 e. The molecule has 0 unspecified atom stereocenters. The van der Waals surface area contributed by atoms with Crippen LogP contribution in [-0.2, 0) is 0 Å². The van der Waals surface area contributed by atoms with Gasteiger partial charge in [0, 0.05) is 42.9 Å². The molecule has 6 aromatic rings. The van der Waals surface area contributed by atoms with Crippen LogP contribution in [-0.4, -0.2) is 0 Å². The van der Waals surface area contributed by atoms with E-state index in [0.717, 1.165) is 22.7 Å². The molecule has 0 radical (unpaired) electrons. The first-order valence-electron chi connectivity index (χ1n) is 11.0. The predicted octanol–water partition coefficient (Wildman–Crippen LogP) is 9.27. The minimum atomic E-state index is 1.08. The van der Waals surface area contributed by atoms with Crippen molar-refractivity contribution in [3.63, 3.8) is 0 Å². The van der Waals surface area contributed by atoms with Crippen molar-refractivity contribution < 1.29 is 0 Å². The van der Waals surface area contributed by atoms with Crippen molar-refractivity contribution in [3.05, 3.63) is 127 Å². The summed E-state index contributed by atoms with van der Waals surface area (Å²) in [5.74, 6) is 0. The monoisotopic (exact) mass is 442 g/mol. The molecule has 2 nitrogen and oxygen atoms in total. The van der Waals surface area contributed by atoms with Gasteiger partial charge in [-0.3, -0.25) is 0 Å². The fourth-order valence-electron chi connectivity index (χ4n) is 4.35. The fourth-order valence-corrected chi connectivity index (χ4v) is 5.52. The Labute approximate surface area is 197 Å². The molecule has 5 aromatic carbocycles. The highest BCUT2D eigenvalue weighted by Gasteiger charge is 2.19. The van der Waals surface area contributed by atoms with Crippen molar-refractivity contribution >= 4 is 59.9 Å². The fraction of sp³-hybridized carbons (Fsp3) is 0. The van der Waals surface area contributed by atoms with Gasteiger partial charge in [0.25, 0.3) is 0 Å². The predicted molar refractivity (Wildman–Crippen MR) is 144 cm³/mol. The van der Waals surface area contributed by atoms with Crippen LogP contribution in [0.15, 0.2) is 127 Å². The molecule has 3 heteroatoms. The van der Waals surface area contributed by atoms with Crippen LogP contribution < -0.4 is 10.2 Å². The topological polar surface area (TPSA) is 15.3 Å². The molecule has 0 spiro atoms. The molecule has 1 heterocycles. The summed E-state index contributed by atoms with van der Waals surface area (Å²) in [5.41, 5.74) is 5.59. The summed E-state index contributed by atoms with van der Waals surface area (Å²) < 4.78 is 2.57. The lowest BCUT2D eigenvalue weighted by Gasteiger charge is -2.27. The van der Waals surface area contributed by atoms with E-state index in [-0.39, 0.29) is 0 Å². The van der Waals surface area contributed by atoms with Gasteiger partial charge in [-0.2, -0.15) is 0 Å². The van der Waals surface area contributed by atoms with Gasteiger partial charge >= 0.3 is 0 Å². The van der Waals surface area contributed by atoms with Crippen molar-refractivity contribution in [2.24, 2.45) is 0 Å². The van der Waals surface area contributed by atoms with E-state index in [1.807, 2.05) is 17.4 Å². The van der Waals surface area contributed by atoms with Crippen LogP contribution in [0.3, 0.4) is 0 Å². The third-order valence-electron chi connectivity index (χ3n) is 5.79. The summed E-state index contributed by atoms with van der Waals surface area (Å²) in [6.07, 6.45) is 0. The van der Waals surface area contributed by atoms with Crippen LogP contribution in [0.4, 0.5) is 28.4 Å². The van der Waals surface area contributed by atoms with E-state index in [9.17, 15) is 0 Å². The maximum atomic E-state index is 3.62. The zero-order valence-electron chi connectivity index (χ0n) is 18.0. The smallest absolute Gasteiger partial charge is 0.0575 e. The first-order chi connectivity index (χ1) is 16.4. The second-order valence-electron chi connectivity index (χ2n) is 7.96. The number of benzene rings is 5. The lowest BCUT2D eigenvalue weighted by Crippen LogP contribution is -2.10. The van der Waals surface area contributed by atoms with Crippen molar-refractivity contribution in [1.29, 1.82) is 0 Å². The van der Waals surface area contributed by atoms with E-state index < -0.39 is 0 Å². The average molecular weight is 443 g/mol. The SMILES string of the molecule is c1ccc(Nc2cc(N(c3ccccc3)c3ccccc3)c3c(c2)sc2ccccc23)cc1. The maximum absolute atomic E-state index is 3.62. The number of para-hydroxylation sites is 3. The summed E-state index contributed by atoms with van der Waals surface area (Å²) >= 11 is 1.84. The highest BCUT2D eigenvalue weighted by molar-refractivity contribution is 7.26. The molecule has 0 fully saturated rings. The number of hydrogen-bond donors (Lipinski definition) is 1. The normalized spacial score (nSPS) is 11.0. The van der Waals surface area contributed by atoms with Crippen LogP contribution in [0.2, 0.25) is 0 Å². The maximum Gasteiger partial charge on any atom is 0.0575 e. The zero-order valence-corrected chi connectivity index (χ0v) is 18.8. The lowest BCUT2D eigenvalue weighted by molar-refractivity contribution is 1.30. The first kappa shape index (κ1) is 19.6. The zero-order chi connectivity index (χ0) is 22.0. The molecule has 0 atom stereocenters. The van der Waals surface area contributed by atoms with Gasteiger partial charge in [0.15, 0.2) is 0 Å². The van der Waals surface area contributed by atoms with E-state index in [2.05, 4.69) is 132 Å². The van der Waals surface area contributed by atoms with Crippen molar-refractivity contribution in [1.82, 2.24) is 0 Å². The molecule has 0 amide bonds. The molecule has 0 aliphatic rings. The Morgan fingerprint density at radius 2 is 1.09 bits per heavy atom. The molecule has 0 aliphatic heterocycles. The van der Waals surface area contributed by atoms with E-state index >= 15 is 0 Å². The lowest BCUT2D eigenvalue weighted by atomic mass is 10.1. The molecule has 0 saturated carbocycles. The standard InChI is InChI=1S/C30H22N2S/c1-4-12-22(13-5-1)31-23-20-27(30-26-18-10-11-19-28(26)33-29(30)21-23)32(24-14-6-2-7-15-24)25-16-8-3-9-17-25/h1-21,31H. The summed E-state index contributed by atoms with van der Waals surface area (Å²) in [7, 11) is 0. The Hall–Kier alpha value is -4.08. The third kappa shape index (κ3) is 3.73. The number of nitrogens with one attached hydrogen (secondary N) is 1. The van der Waals surface area contributed by atoms with Gasteiger partial charge in [-0.25, -0.2) is 0 Å². The molecule has 158 valence electrons. The molecule has 0 saturated heterocycles. The molecule has 33 heavy (non-hydrogen) atoms. The van der Waals surface area contributed by atoms with E-state index in [1.165, 1.54) is 25.9 Å². The molecule has 0 aliphatic carbocycles. The van der Waals surface area contributed by atoms with Gasteiger partial charge in [-0.1, -0.05) is 72.8 Å². The van der Waals surface area contributed by atoms with Crippen molar-refractivity contribution in [3.8, 4) is 0 Å². The summed E-state index contributed by atoms with van der Waals surface area (Å²) in [6.45, 7) is 0. The highest BCUT2D eigenvalue weighted by Crippen LogP contribution is 2.46. The number of fused-ring (bicyclic) bond motifs is 3. The molecular weight excluding hydrogens is 420 g/mol. The molecule has 0 bridgehead atoms. The van der Waals surface area contributed by atoms with Crippen LogP contribution in [0.25, 0.3) is 20.2 Å². The van der Waals surface area contributed by atoms with Crippen molar-refractivity contribution in [2.45, 2.75) is 0 Å². The second-order valence-corrected chi connectivity index (χ2v) is 9.05. The van der Waals surface area contributed by atoms with E-state index in [1.54, 1.807) is 0 Å². The Balaban J connectivity index is 1.64. The van der Waals surface area contributed by atoms with Crippen molar-refractivity contribution in [2.75, 3.05) is 10.2 Å². The third-order valence-corrected chi connectivity index (χ3v) is 6.91. The van der Waals surface area contributed by atoms with E-state index in [0.29, 0.717) is 0 Å². The van der Waals surface area contributed by atoms with Gasteiger partial charge < -0.3 is 10.2 Å². The summed E-state index contributed by atoms with van der Waals surface area (Å²) in [5, 5.41) is 6.19. The Kier molecular flexibility index (Phi) is 5.02. The van der Waals surface area contributed by atoms with Crippen LogP contribution in [0, 0.1) is 0 Å². The number of hydrogen-bond acceptors (Lipinski definition) is 3. The molecule has 1 aromatic heterocycles. The van der Waals surface area contributed by atoms with Gasteiger partial charge in [0.1, 0.15) is 0 Å². The number of rotatable bonds is 5. The first-order valence-corrected chi connectivity index (χ1v) is 11.9. The van der Waals surface area contributed by atoms with E-state index in [4.69, 9.17) is 0 Å². The number of thiophene rings is 1. The van der Waals surface area contributed by atoms with Gasteiger partial charge in [-0.15, -0.1) is 11.3 Å².